The van der Waals surface area contributed by atoms with E-state index in [1.54, 1.807) is 0 Å². The standard InChI is InChI=1S/C25H30B3F5O7S/c26-7-10-1-12(8-27)17(9-28)15(2-10)20(34)40-23-5-11-3-14-13(4-18(14)23)16(6-23)19(11)21(35)39-22(24(29,30)31)25(32,33)41(36,37)38/h1-2,11,13-14,16,18-19,22H,3-9,26-28H2,(H,36,37,38). The largest absolute Gasteiger partial charge is 0.455 e. The fraction of sp³-hybridized carbons (Fsp3) is 0.680. The molecule has 0 aromatic heterocycles. The van der Waals surface area contributed by atoms with Gasteiger partial charge in [-0.2, -0.15) is 30.4 Å². The minimum Gasteiger partial charge on any atom is -0.455 e. The molecular formula is C25H30B3F5O7S. The van der Waals surface area contributed by atoms with Crippen molar-refractivity contribution in [2.75, 3.05) is 0 Å². The number of esters is 2. The smallest absolute Gasteiger partial charge is 0.432 e. The third-order valence-corrected chi connectivity index (χ3v) is 11.0. The van der Waals surface area contributed by atoms with Crippen molar-refractivity contribution in [2.24, 2.45) is 35.5 Å². The molecule has 0 spiro atoms. The molecule has 1 aromatic rings. The van der Waals surface area contributed by atoms with Crippen molar-refractivity contribution < 1.29 is 54.0 Å². The van der Waals surface area contributed by atoms with Crippen molar-refractivity contribution >= 4 is 45.6 Å². The lowest BCUT2D eigenvalue weighted by molar-refractivity contribution is -0.289. The number of alkyl halides is 5. The van der Waals surface area contributed by atoms with E-state index in [1.165, 1.54) is 0 Å². The summed E-state index contributed by atoms with van der Waals surface area (Å²) in [5.41, 5.74) is 2.49. The predicted molar refractivity (Wildman–Crippen MR) is 143 cm³/mol. The number of hydrogen-bond donors (Lipinski definition) is 1. The zero-order valence-electron chi connectivity index (χ0n) is 22.8. The Balaban J connectivity index is 1.41. The molecule has 222 valence electrons. The monoisotopic (exact) mass is 602 g/mol. The van der Waals surface area contributed by atoms with Gasteiger partial charge < -0.3 is 9.47 Å². The lowest BCUT2D eigenvalue weighted by Crippen LogP contribution is -2.72. The van der Waals surface area contributed by atoms with Crippen LogP contribution in [0.15, 0.2) is 12.1 Å². The Labute approximate surface area is 237 Å². The summed E-state index contributed by atoms with van der Waals surface area (Å²) in [7, 11) is -0.597. The van der Waals surface area contributed by atoms with Gasteiger partial charge in [0.15, 0.2) is 0 Å². The lowest BCUT2D eigenvalue weighted by Gasteiger charge is -2.72. The topological polar surface area (TPSA) is 107 Å². The molecule has 0 heterocycles. The molecule has 0 saturated heterocycles. The molecule has 41 heavy (non-hydrogen) atoms. The van der Waals surface area contributed by atoms with Crippen molar-refractivity contribution in [3.8, 4) is 0 Å². The molecule has 16 heteroatoms. The number of hydrogen-bond acceptors (Lipinski definition) is 6. The zero-order valence-corrected chi connectivity index (χ0v) is 23.7. The van der Waals surface area contributed by atoms with Gasteiger partial charge in [0.2, 0.25) is 0 Å². The molecule has 0 amide bonds. The Kier molecular flexibility index (Phi) is 7.40. The summed E-state index contributed by atoms with van der Waals surface area (Å²) in [6, 6.07) is 3.91. The Morgan fingerprint density at radius 2 is 1.68 bits per heavy atom. The minimum absolute atomic E-state index is 0.0396. The van der Waals surface area contributed by atoms with Gasteiger partial charge in [-0.3, -0.25) is 9.35 Å². The molecule has 7 nitrogen and oxygen atoms in total. The SMILES string of the molecule is BCc1cc(CB)c(CB)c(C(=O)OC23CC4CC5C(CC52)C(C3)C4C(=O)OC(C(F)(F)F)C(F)(F)S(=O)(=O)O)c1. The highest BCUT2D eigenvalue weighted by Crippen LogP contribution is 2.72. The maximum absolute atomic E-state index is 14.1. The van der Waals surface area contributed by atoms with Gasteiger partial charge in [-0.15, -0.1) is 0 Å². The van der Waals surface area contributed by atoms with Crippen molar-refractivity contribution in [2.45, 2.75) is 67.8 Å². The van der Waals surface area contributed by atoms with Crippen molar-refractivity contribution in [3.63, 3.8) is 0 Å². The number of rotatable bonds is 9. The highest BCUT2D eigenvalue weighted by Gasteiger charge is 2.73. The van der Waals surface area contributed by atoms with Gasteiger partial charge in [0.1, 0.15) is 29.1 Å². The lowest BCUT2D eigenvalue weighted by atomic mass is 9.35. The Morgan fingerprint density at radius 3 is 2.24 bits per heavy atom. The van der Waals surface area contributed by atoms with Crippen LogP contribution >= 0.6 is 0 Å². The number of benzene rings is 1. The third-order valence-electron chi connectivity index (χ3n) is 10.1. The molecule has 6 bridgehead atoms. The van der Waals surface area contributed by atoms with Crippen LogP contribution in [0, 0.1) is 35.5 Å². The molecule has 6 aliphatic carbocycles. The molecule has 0 radical (unpaired) electrons. The third kappa shape index (κ3) is 4.71. The van der Waals surface area contributed by atoms with E-state index in [0.29, 0.717) is 24.7 Å². The van der Waals surface area contributed by atoms with E-state index in [1.807, 2.05) is 29.6 Å². The van der Waals surface area contributed by atoms with Crippen LogP contribution in [-0.2, 0) is 43.3 Å². The van der Waals surface area contributed by atoms with E-state index in [0.717, 1.165) is 29.3 Å². The van der Waals surface area contributed by atoms with Crippen molar-refractivity contribution in [1.82, 2.24) is 0 Å². The fourth-order valence-corrected chi connectivity index (χ4v) is 8.80. The van der Waals surface area contributed by atoms with Gasteiger partial charge in [0, 0.05) is 5.92 Å². The minimum atomic E-state index is -6.54. The maximum Gasteiger partial charge on any atom is 0.432 e. The molecule has 7 rings (SSSR count). The second kappa shape index (κ2) is 9.99. The molecule has 6 saturated carbocycles. The van der Waals surface area contributed by atoms with Gasteiger partial charge in [-0.25, -0.2) is 4.79 Å². The van der Waals surface area contributed by atoms with Gasteiger partial charge >= 0.3 is 33.5 Å². The van der Waals surface area contributed by atoms with Crippen LogP contribution in [0.2, 0.25) is 0 Å². The number of halogens is 5. The van der Waals surface area contributed by atoms with E-state index in [9.17, 15) is 40.0 Å². The van der Waals surface area contributed by atoms with E-state index in [2.05, 4.69) is 10.8 Å². The van der Waals surface area contributed by atoms with Crippen LogP contribution in [0.25, 0.3) is 0 Å². The van der Waals surface area contributed by atoms with Crippen molar-refractivity contribution in [3.05, 3.63) is 34.4 Å². The van der Waals surface area contributed by atoms with Crippen LogP contribution in [0.1, 0.15) is 52.7 Å². The van der Waals surface area contributed by atoms with Gasteiger partial charge in [0.05, 0.1) is 11.5 Å². The molecule has 1 aromatic carbocycles. The Hall–Kier alpha value is -2.09. The second-order valence-electron chi connectivity index (χ2n) is 12.0. The summed E-state index contributed by atoms with van der Waals surface area (Å²) in [4.78, 5) is 26.7. The molecule has 8 unspecified atom stereocenters. The highest BCUT2D eigenvalue weighted by atomic mass is 32.2. The van der Waals surface area contributed by atoms with Gasteiger partial charge in [0.25, 0.3) is 6.10 Å². The highest BCUT2D eigenvalue weighted by molar-refractivity contribution is 7.86. The fourth-order valence-electron chi connectivity index (χ4n) is 8.35. The first-order valence-corrected chi connectivity index (χ1v) is 15.4. The summed E-state index contributed by atoms with van der Waals surface area (Å²) in [5, 5.41) is -5.79. The summed E-state index contributed by atoms with van der Waals surface area (Å²) in [6.45, 7) is 0. The van der Waals surface area contributed by atoms with Crippen molar-refractivity contribution in [1.29, 1.82) is 0 Å². The molecular weight excluding hydrogens is 572 g/mol. The maximum atomic E-state index is 14.1. The van der Waals surface area contributed by atoms with Crippen LogP contribution in [0.4, 0.5) is 22.0 Å². The van der Waals surface area contributed by atoms with E-state index < -0.39 is 62.9 Å². The van der Waals surface area contributed by atoms with E-state index in [4.69, 9.17) is 9.29 Å². The number of carbonyl (C=O) groups is 2. The predicted octanol–water partition coefficient (Wildman–Crippen LogP) is 1.25. The molecule has 8 atom stereocenters. The van der Waals surface area contributed by atoms with Crippen LogP contribution in [0.3, 0.4) is 0 Å². The summed E-state index contributed by atoms with van der Waals surface area (Å²) in [6.07, 6.45) is -6.86. The van der Waals surface area contributed by atoms with Gasteiger partial charge in [-0.05, 0) is 61.0 Å². The Bertz CT molecular complexity index is 1370. The molecule has 6 fully saturated rings. The molecule has 1 N–H and O–H groups in total. The average molecular weight is 602 g/mol. The van der Waals surface area contributed by atoms with Crippen LogP contribution < -0.4 is 0 Å². The van der Waals surface area contributed by atoms with E-state index in [-0.39, 0.29) is 30.6 Å². The first-order valence-electron chi connectivity index (χ1n) is 14.0. The normalized spacial score (nSPS) is 32.7. The molecule has 6 aliphatic rings. The molecule has 0 aliphatic heterocycles. The second-order valence-corrected chi connectivity index (χ2v) is 13.4. The summed E-state index contributed by atoms with van der Waals surface area (Å²) in [5.74, 6) is -4.34. The van der Waals surface area contributed by atoms with Gasteiger partial charge in [-0.1, -0.05) is 36.2 Å². The number of ether oxygens (including phenoxy) is 2. The first-order chi connectivity index (χ1) is 19.0. The zero-order chi connectivity index (χ0) is 30.3. The summed E-state index contributed by atoms with van der Waals surface area (Å²) < 4.78 is 110. The first kappa shape index (κ1) is 30.4. The van der Waals surface area contributed by atoms with Crippen LogP contribution in [-0.4, -0.2) is 71.6 Å². The van der Waals surface area contributed by atoms with E-state index >= 15 is 0 Å². The average Bonchev–Trinajstić information content (AvgIpc) is 2.86. The summed E-state index contributed by atoms with van der Waals surface area (Å²) >= 11 is 0. The Morgan fingerprint density at radius 1 is 1.00 bits per heavy atom. The number of carbonyl (C=O) groups excluding carboxylic acids is 2. The van der Waals surface area contributed by atoms with Crippen LogP contribution in [0.5, 0.6) is 0 Å². The quantitative estimate of drug-likeness (QED) is 0.197.